The van der Waals surface area contributed by atoms with E-state index in [0.29, 0.717) is 39.6 Å². The van der Waals surface area contributed by atoms with E-state index < -0.39 is 0 Å². The van der Waals surface area contributed by atoms with E-state index in [1.165, 1.54) is 0 Å². The van der Waals surface area contributed by atoms with Crippen LogP contribution in [0.15, 0.2) is 12.4 Å². The van der Waals surface area contributed by atoms with Crippen LogP contribution in [0.2, 0.25) is 0 Å². The second-order valence-corrected chi connectivity index (χ2v) is 3.60. The molecule has 0 aliphatic rings. The van der Waals surface area contributed by atoms with E-state index in [0.717, 1.165) is 12.3 Å². The van der Waals surface area contributed by atoms with Gasteiger partial charge >= 0.3 is 0 Å². The van der Waals surface area contributed by atoms with E-state index in [2.05, 4.69) is 5.10 Å². The summed E-state index contributed by atoms with van der Waals surface area (Å²) >= 11 is 0. The van der Waals surface area contributed by atoms with Gasteiger partial charge in [-0.2, -0.15) is 5.10 Å². The summed E-state index contributed by atoms with van der Waals surface area (Å²) in [4.78, 5) is 0. The Morgan fingerprint density at radius 3 is 2.33 bits per heavy atom. The highest BCUT2D eigenvalue weighted by Gasteiger charge is 1.97. The summed E-state index contributed by atoms with van der Waals surface area (Å²) in [6, 6.07) is 0. The maximum atomic E-state index is 5.46. The van der Waals surface area contributed by atoms with Gasteiger partial charge in [0.25, 0.3) is 0 Å². The van der Waals surface area contributed by atoms with Gasteiger partial charge in [-0.05, 0) is 6.92 Å². The van der Waals surface area contributed by atoms with E-state index in [4.69, 9.17) is 18.9 Å². The Bertz CT molecular complexity index is 304. The number of ether oxygens (including phenoxy) is 4. The van der Waals surface area contributed by atoms with Gasteiger partial charge in [0.2, 0.25) is 0 Å². The molecule has 1 heterocycles. The fourth-order valence-corrected chi connectivity index (χ4v) is 1.27. The summed E-state index contributed by atoms with van der Waals surface area (Å²) in [5.74, 6) is 0.775. The van der Waals surface area contributed by atoms with Gasteiger partial charge in [0.15, 0.2) is 5.75 Å². The zero-order chi connectivity index (χ0) is 13.1. The highest BCUT2D eigenvalue weighted by atomic mass is 16.6. The molecule has 18 heavy (non-hydrogen) atoms. The summed E-state index contributed by atoms with van der Waals surface area (Å²) in [6.07, 6.45) is 3.57. The Morgan fingerprint density at radius 2 is 1.72 bits per heavy atom. The van der Waals surface area contributed by atoms with Crippen LogP contribution in [0.4, 0.5) is 0 Å². The molecular weight excluding hydrogens is 236 g/mol. The minimum absolute atomic E-state index is 0.521. The quantitative estimate of drug-likeness (QED) is 0.553. The molecule has 0 saturated carbocycles. The van der Waals surface area contributed by atoms with Crippen LogP contribution in [-0.4, -0.2) is 56.5 Å². The Balaban J connectivity index is 1.89. The normalized spacial score (nSPS) is 10.8. The van der Waals surface area contributed by atoms with E-state index in [1.54, 1.807) is 13.3 Å². The second-order valence-electron chi connectivity index (χ2n) is 3.60. The Kier molecular flexibility index (Phi) is 8.20. The highest BCUT2D eigenvalue weighted by Crippen LogP contribution is 2.07. The minimum atomic E-state index is 0.521. The van der Waals surface area contributed by atoms with Crippen molar-refractivity contribution in [3.05, 3.63) is 12.4 Å². The van der Waals surface area contributed by atoms with Crippen LogP contribution in [-0.2, 0) is 20.8 Å². The molecule has 1 aromatic heterocycles. The maximum absolute atomic E-state index is 5.46. The summed E-state index contributed by atoms with van der Waals surface area (Å²) in [7, 11) is 1.65. The van der Waals surface area contributed by atoms with Crippen LogP contribution >= 0.6 is 0 Å². The van der Waals surface area contributed by atoms with Crippen molar-refractivity contribution in [1.29, 1.82) is 0 Å². The third kappa shape index (κ3) is 6.58. The minimum Gasteiger partial charge on any atom is -0.488 e. The molecule has 0 radical (unpaired) electrons. The van der Waals surface area contributed by atoms with Crippen molar-refractivity contribution in [1.82, 2.24) is 9.78 Å². The number of hydrogen-bond donors (Lipinski definition) is 0. The molecule has 0 fully saturated rings. The fourth-order valence-electron chi connectivity index (χ4n) is 1.27. The molecule has 1 rings (SSSR count). The number of methoxy groups -OCH3 is 1. The molecule has 1 aromatic rings. The lowest BCUT2D eigenvalue weighted by Gasteiger charge is -2.06. The highest BCUT2D eigenvalue weighted by molar-refractivity contribution is 5.11. The lowest BCUT2D eigenvalue weighted by Crippen LogP contribution is -2.12. The molecule has 0 saturated heterocycles. The average Bonchev–Trinajstić information content (AvgIpc) is 2.85. The molecular formula is C12H22N2O4. The molecule has 0 spiro atoms. The molecule has 0 aliphatic carbocycles. The summed E-state index contributed by atoms with van der Waals surface area (Å²) in [5, 5.41) is 4.11. The van der Waals surface area contributed by atoms with Crippen LogP contribution < -0.4 is 4.74 Å². The lowest BCUT2D eigenvalue weighted by molar-refractivity contribution is 0.0179. The Labute approximate surface area is 108 Å². The number of hydrogen-bond acceptors (Lipinski definition) is 5. The maximum Gasteiger partial charge on any atom is 0.157 e. The standard InChI is InChI=1S/C12H22N2O4/c1-3-14-11-12(10-13-14)18-9-8-17-7-6-16-5-4-15-2/h10-11H,3-9H2,1-2H3. The summed E-state index contributed by atoms with van der Waals surface area (Å²) in [5.41, 5.74) is 0. The molecule has 6 nitrogen and oxygen atoms in total. The van der Waals surface area contributed by atoms with Gasteiger partial charge in [-0.3, -0.25) is 4.68 Å². The molecule has 0 atom stereocenters. The van der Waals surface area contributed by atoms with Crippen LogP contribution in [0.3, 0.4) is 0 Å². The number of aromatic nitrogens is 2. The number of aryl methyl sites for hydroxylation is 1. The molecule has 0 N–H and O–H groups in total. The topological polar surface area (TPSA) is 54.7 Å². The number of rotatable bonds is 11. The van der Waals surface area contributed by atoms with Gasteiger partial charge in [-0.25, -0.2) is 0 Å². The first kappa shape index (κ1) is 14.9. The third-order valence-corrected chi connectivity index (χ3v) is 2.23. The van der Waals surface area contributed by atoms with Crippen LogP contribution in [0.25, 0.3) is 0 Å². The van der Waals surface area contributed by atoms with Crippen molar-refractivity contribution < 1.29 is 18.9 Å². The predicted octanol–water partition coefficient (Wildman–Crippen LogP) is 0.961. The van der Waals surface area contributed by atoms with Crippen molar-refractivity contribution in [2.45, 2.75) is 13.5 Å². The van der Waals surface area contributed by atoms with Crippen molar-refractivity contribution >= 4 is 0 Å². The first-order chi connectivity index (χ1) is 8.86. The van der Waals surface area contributed by atoms with Gasteiger partial charge in [0, 0.05) is 13.7 Å². The molecule has 6 heteroatoms. The smallest absolute Gasteiger partial charge is 0.157 e. The first-order valence-electron chi connectivity index (χ1n) is 6.16. The van der Waals surface area contributed by atoms with Crippen LogP contribution in [0.5, 0.6) is 5.75 Å². The van der Waals surface area contributed by atoms with E-state index in [1.807, 2.05) is 17.8 Å². The lowest BCUT2D eigenvalue weighted by atomic mass is 10.6. The fraction of sp³-hybridized carbons (Fsp3) is 0.750. The zero-order valence-corrected chi connectivity index (χ0v) is 11.1. The molecule has 104 valence electrons. The van der Waals surface area contributed by atoms with Crippen molar-refractivity contribution in [2.75, 3.05) is 46.8 Å². The van der Waals surface area contributed by atoms with Crippen molar-refractivity contribution in [2.24, 2.45) is 0 Å². The van der Waals surface area contributed by atoms with Gasteiger partial charge in [-0.1, -0.05) is 0 Å². The van der Waals surface area contributed by atoms with Gasteiger partial charge in [0.05, 0.1) is 45.4 Å². The van der Waals surface area contributed by atoms with E-state index in [-0.39, 0.29) is 0 Å². The Hall–Kier alpha value is -1.11. The van der Waals surface area contributed by atoms with E-state index in [9.17, 15) is 0 Å². The van der Waals surface area contributed by atoms with Gasteiger partial charge in [0.1, 0.15) is 6.61 Å². The zero-order valence-electron chi connectivity index (χ0n) is 11.1. The molecule has 0 amide bonds. The number of nitrogens with zero attached hydrogens (tertiary/aromatic N) is 2. The molecule has 0 unspecified atom stereocenters. The van der Waals surface area contributed by atoms with Gasteiger partial charge < -0.3 is 18.9 Å². The second kappa shape index (κ2) is 9.87. The summed E-state index contributed by atoms with van der Waals surface area (Å²) in [6.45, 7) is 6.32. The van der Waals surface area contributed by atoms with Crippen LogP contribution in [0.1, 0.15) is 6.92 Å². The third-order valence-electron chi connectivity index (χ3n) is 2.23. The van der Waals surface area contributed by atoms with Gasteiger partial charge in [-0.15, -0.1) is 0 Å². The first-order valence-corrected chi connectivity index (χ1v) is 6.16. The monoisotopic (exact) mass is 258 g/mol. The predicted molar refractivity (Wildman–Crippen MR) is 66.9 cm³/mol. The largest absolute Gasteiger partial charge is 0.488 e. The average molecular weight is 258 g/mol. The molecule has 0 bridgehead atoms. The summed E-state index contributed by atoms with van der Waals surface area (Å²) < 4.78 is 22.7. The molecule has 0 aliphatic heterocycles. The van der Waals surface area contributed by atoms with Crippen molar-refractivity contribution in [3.8, 4) is 5.75 Å². The van der Waals surface area contributed by atoms with Crippen molar-refractivity contribution in [3.63, 3.8) is 0 Å². The Morgan fingerprint density at radius 1 is 1.06 bits per heavy atom. The SMILES string of the molecule is CCn1cc(OCCOCCOCCOC)cn1. The van der Waals surface area contributed by atoms with Crippen LogP contribution in [0, 0.1) is 0 Å². The van der Waals surface area contributed by atoms with E-state index >= 15 is 0 Å². The molecule has 0 aromatic carbocycles.